The van der Waals surface area contributed by atoms with Gasteiger partial charge >= 0.3 is 41.6 Å². The van der Waals surface area contributed by atoms with Gasteiger partial charge in [-0.25, -0.2) is 9.59 Å². The van der Waals surface area contributed by atoms with Gasteiger partial charge in [0.25, 0.3) is 19.2 Å². The van der Waals surface area contributed by atoms with Gasteiger partial charge in [-0.15, -0.1) is 0 Å². The first-order valence-corrected chi connectivity index (χ1v) is 25.7. The van der Waals surface area contributed by atoms with Crippen molar-refractivity contribution < 1.29 is 96.5 Å². The Morgan fingerprint density at radius 3 is 1.58 bits per heavy atom. The van der Waals surface area contributed by atoms with Gasteiger partial charge in [0.2, 0.25) is 0 Å². The molecular formula is C36H50B24N5NaO13+2. The van der Waals surface area contributed by atoms with Crippen molar-refractivity contribution in [1.82, 2.24) is 20.9 Å². The first-order valence-electron chi connectivity index (χ1n) is 25.7. The molecule has 18 nitrogen and oxygen atoms in total. The third-order valence-corrected chi connectivity index (χ3v) is 14.3. The van der Waals surface area contributed by atoms with Crippen LogP contribution < -0.4 is 50.2 Å². The smallest absolute Gasteiger partial charge is 0.508 e. The number of quaternary nitrogens is 1. The van der Waals surface area contributed by atoms with Crippen molar-refractivity contribution in [2.24, 2.45) is 17.8 Å². The molecule has 0 aromatic heterocycles. The van der Waals surface area contributed by atoms with Crippen LogP contribution in [0.3, 0.4) is 0 Å². The first-order chi connectivity index (χ1) is 36.2. The van der Waals surface area contributed by atoms with E-state index >= 15 is 4.79 Å². The Labute approximate surface area is 515 Å². The summed E-state index contributed by atoms with van der Waals surface area (Å²) < 4.78 is 45.0. The fourth-order valence-electron chi connectivity index (χ4n) is 9.97. The van der Waals surface area contributed by atoms with E-state index in [1.807, 2.05) is 0 Å². The number of carboxylic acids is 1. The van der Waals surface area contributed by atoms with Crippen LogP contribution in [-0.2, 0) is 42.7 Å². The van der Waals surface area contributed by atoms with Crippen LogP contribution in [0.2, 0.25) is 34.9 Å². The zero-order chi connectivity index (χ0) is 59.1. The molecule has 0 spiro atoms. The van der Waals surface area contributed by atoms with Crippen LogP contribution in [0.15, 0.2) is 0 Å². The van der Waals surface area contributed by atoms with Gasteiger partial charge in [-0.1, -0.05) is 33.5 Å². The second kappa shape index (κ2) is 32.4. The van der Waals surface area contributed by atoms with Crippen molar-refractivity contribution in [2.45, 2.75) is 156 Å². The molecule has 43 heteroatoms. The molecule has 20 unspecified atom stereocenters. The molecule has 0 saturated carbocycles. The van der Waals surface area contributed by atoms with Gasteiger partial charge in [0.1, 0.15) is 37.0 Å². The van der Waals surface area contributed by atoms with Gasteiger partial charge in [0.15, 0.2) is 55.7 Å². The third-order valence-electron chi connectivity index (χ3n) is 14.3. The number of urea groups is 1. The predicted octanol–water partition coefficient (Wildman–Crippen LogP) is -12.0. The van der Waals surface area contributed by atoms with E-state index in [9.17, 15) is 24.3 Å². The number of carboxylic acid groups (broad SMARTS) is 1. The zero-order valence-corrected chi connectivity index (χ0v) is 47.7. The normalized spacial score (nSPS) is 34.5. The maximum absolute atomic E-state index is 15.4. The maximum atomic E-state index is 15.4. The molecule has 4 fully saturated rings. The molecule has 20 atom stereocenters. The van der Waals surface area contributed by atoms with Crippen molar-refractivity contribution in [3.05, 3.63) is 0 Å². The number of nitrogens with one attached hydrogen (secondary N) is 4. The summed E-state index contributed by atoms with van der Waals surface area (Å²) in [5, 5.41) is 18.1. The molecule has 4 saturated heterocycles. The number of carbonyl (C=O) groups excluding carboxylic acids is 4. The van der Waals surface area contributed by atoms with Crippen LogP contribution in [0.5, 0.6) is 0 Å². The molecule has 79 heavy (non-hydrogen) atoms. The molecule has 4 heterocycles. The largest absolute Gasteiger partial charge is 1.00 e. The quantitative estimate of drug-likeness (QED) is 0.0603. The summed E-state index contributed by atoms with van der Waals surface area (Å²) in [5.41, 5.74) is 0. The molecule has 4 rings (SSSR count). The predicted molar refractivity (Wildman–Crippen MR) is 317 cm³/mol. The van der Waals surface area contributed by atoms with E-state index < -0.39 is 196 Å². The maximum Gasteiger partial charge on any atom is 1.00 e. The van der Waals surface area contributed by atoms with E-state index in [-0.39, 0.29) is 65.5 Å². The van der Waals surface area contributed by atoms with Gasteiger partial charge in [0, 0.05) is 87.4 Å². The Hall–Kier alpha value is -0.412. The minimum atomic E-state index is -2.05. The minimum Gasteiger partial charge on any atom is -0.508 e. The van der Waals surface area contributed by atoms with Gasteiger partial charge in [-0.3, -0.25) is 19.3 Å². The van der Waals surface area contributed by atoms with Crippen LogP contribution in [0.1, 0.15) is 41.0 Å². The molecule has 0 aliphatic carbocycles. The van der Waals surface area contributed by atoms with Gasteiger partial charge < -0.3 is 58.9 Å². The molecule has 4 aliphatic heterocycles. The van der Waals surface area contributed by atoms with Crippen molar-refractivity contribution in [2.75, 3.05) is 19.5 Å². The van der Waals surface area contributed by atoms with Gasteiger partial charge in [0.05, 0.1) is 96.6 Å². The Morgan fingerprint density at radius 2 is 1.11 bits per heavy atom. The summed E-state index contributed by atoms with van der Waals surface area (Å²) in [4.78, 5) is 69.6. The molecular weight excluding hydrogens is 993 g/mol. The average Bonchev–Trinajstić information content (AvgIpc) is 3.35. The Kier molecular flexibility index (Phi) is 29.8. The topological polar surface area (TPSA) is 214 Å². The van der Waals surface area contributed by atoms with E-state index in [0.717, 1.165) is 4.90 Å². The van der Waals surface area contributed by atoms with Crippen molar-refractivity contribution >= 4 is 209 Å². The second-order valence-corrected chi connectivity index (χ2v) is 21.1. The standard InChI is InChI=1S/C36H49B24N5O13.Na/c1-10(2)13-15(38)17(40)31(74-23(13)30(67)68)75-24-14(37)12(5)72-33(21(24)63-35(70)58(49)50)77-26-16(39)18(41)32(76-25-19(42)28(56(45)46)73-22(11(3)4)20(25)62-34(69)57(47)48)78-27(26)29(66)64(36(71)61-9-55(43)44)7-6-8-65(59(51)52)60(53)54;/h10-28,31-33H,6-9H2,1-5H3,(H,61,71)(H,62,69)(H,63,70)(H,67,68);/q;+1/p+1. The molecule has 368 valence electrons. The summed E-state index contributed by atoms with van der Waals surface area (Å²) in [6.45, 7) is 0.492. The van der Waals surface area contributed by atoms with Crippen molar-refractivity contribution in [1.29, 1.82) is 0 Å². The number of ether oxygens (including phenoxy) is 7. The third kappa shape index (κ3) is 18.6. The number of nitrogens with zero attached hydrogens (tertiary/aromatic N) is 1. The van der Waals surface area contributed by atoms with E-state index in [1.165, 1.54) is 6.92 Å². The van der Waals surface area contributed by atoms with Crippen LogP contribution in [0, 0.1) is 17.8 Å². The molecule has 36 radical (unpaired) electrons. The Morgan fingerprint density at radius 1 is 0.620 bits per heavy atom. The molecule has 5 N–H and O–H groups in total. The fourth-order valence-corrected chi connectivity index (χ4v) is 9.97. The Balaban J connectivity index is 0.0000164. The fraction of sp³-hybridized carbons (Fsp3) is 0.861. The molecule has 0 bridgehead atoms. The number of carbonyl (C=O) groups is 5. The molecule has 4 aliphatic rings. The van der Waals surface area contributed by atoms with Crippen molar-refractivity contribution in [3.63, 3.8) is 0 Å². The van der Waals surface area contributed by atoms with E-state index in [2.05, 4.69) is 16.0 Å². The van der Waals surface area contributed by atoms with Crippen molar-refractivity contribution in [3.8, 4) is 0 Å². The average molecular weight is 1040 g/mol. The van der Waals surface area contributed by atoms with E-state index in [0.29, 0.717) is 0 Å². The van der Waals surface area contributed by atoms with Crippen LogP contribution in [0.25, 0.3) is 0 Å². The van der Waals surface area contributed by atoms with Crippen LogP contribution >= 0.6 is 0 Å². The Bertz CT molecular complexity index is 1990. The van der Waals surface area contributed by atoms with Gasteiger partial charge in [-0.2, -0.15) is 0 Å². The number of rotatable bonds is 23. The summed E-state index contributed by atoms with van der Waals surface area (Å²) in [6.07, 6.45) is -15.7. The van der Waals surface area contributed by atoms with Gasteiger partial charge in [-0.05, 0) is 60.2 Å². The summed E-state index contributed by atoms with van der Waals surface area (Å²) >= 11 is 0. The van der Waals surface area contributed by atoms with Crippen LogP contribution in [-0.4, -0.2) is 318 Å². The summed E-state index contributed by atoms with van der Waals surface area (Å²) in [6, 6.07) is -4.93. The van der Waals surface area contributed by atoms with Crippen LogP contribution in [0.4, 0.5) is 14.4 Å². The first kappa shape index (κ1) is 72.8. The summed E-state index contributed by atoms with van der Waals surface area (Å²) in [7, 11) is 111. The minimum absolute atomic E-state index is 0. The number of amides is 5. The number of imide groups is 1. The zero-order valence-electron chi connectivity index (χ0n) is 45.7. The molecule has 0 aromatic rings. The number of hydrogen-bond acceptors (Lipinski definition) is 12. The van der Waals surface area contributed by atoms with E-state index in [1.54, 1.807) is 27.7 Å². The monoisotopic (exact) mass is 1050 g/mol. The summed E-state index contributed by atoms with van der Waals surface area (Å²) in [5.74, 6) is -13.5. The second-order valence-electron chi connectivity index (χ2n) is 21.1. The van der Waals surface area contributed by atoms with E-state index in [4.69, 9.17) is 173 Å². The SMILES string of the molecule is [B]B([B])CNC(=O)N(CCC[NH+](B([B])[B])B([B])[B])C(=O)C1OC(OC2C([B])C(B([B])[B])OC(C(C)C)C2NC(=O)B([B])[B])C([B])C([B])C1OC1OC(C)C([B])C(OC2OC(C(=O)O)C(C(C)C)C([B])C2[B])C1NC(=O)B([B])[B].[Na+]. The number of hydrogen-bond donors (Lipinski definition) is 5. The molecule has 5 amide bonds. The number of aliphatic carboxylic acids is 1. The molecule has 0 aromatic carbocycles.